The highest BCUT2D eigenvalue weighted by Crippen LogP contribution is 2.21. The van der Waals surface area contributed by atoms with Crippen LogP contribution in [0.15, 0.2) is 42.0 Å². The number of halogens is 3. The molecule has 1 heterocycles. The molecule has 0 saturated carbocycles. The largest absolute Gasteiger partial charge is 0.475 e. The standard InChI is InChI=1S/C25H34BF3N4O5/c1-16(2)11-18(13-30)25(35)33-10-6-9-19(33)14-38-15-20(31-23(29)22(27)28)24(34)32-21(26(36)37)12-17-7-4-3-5-8-17/h3-5,7-8,11,16,19-23,31,36-37H,6,9-10,12,14-15H2,1-2H3,(H,32,34)/t19?,20?,21-,23?/m0/s1. The lowest BCUT2D eigenvalue weighted by Gasteiger charge is -2.27. The number of nitrogens with one attached hydrogen (secondary N) is 2. The lowest BCUT2D eigenvalue weighted by atomic mass is 9.76. The lowest BCUT2D eigenvalue weighted by molar-refractivity contribution is -0.130. The summed E-state index contributed by atoms with van der Waals surface area (Å²) in [6.07, 6.45) is -3.42. The van der Waals surface area contributed by atoms with Gasteiger partial charge in [-0.05, 0) is 30.7 Å². The molecule has 0 bridgehead atoms. The summed E-state index contributed by atoms with van der Waals surface area (Å²) in [5.74, 6) is -2.61. The van der Waals surface area contributed by atoms with Crippen LogP contribution < -0.4 is 10.6 Å². The van der Waals surface area contributed by atoms with E-state index in [-0.39, 0.29) is 24.5 Å². The maximum Gasteiger partial charge on any atom is 0.475 e. The van der Waals surface area contributed by atoms with Crippen molar-refractivity contribution >= 4 is 18.9 Å². The van der Waals surface area contributed by atoms with Gasteiger partial charge in [-0.1, -0.05) is 50.3 Å². The van der Waals surface area contributed by atoms with Gasteiger partial charge in [0, 0.05) is 6.54 Å². The zero-order chi connectivity index (χ0) is 28.2. The molecule has 208 valence electrons. The molecule has 0 aromatic heterocycles. The maximum atomic E-state index is 13.8. The molecule has 13 heteroatoms. The number of nitriles is 1. The van der Waals surface area contributed by atoms with Gasteiger partial charge in [0.15, 0.2) is 0 Å². The second kappa shape index (κ2) is 15.5. The molecule has 4 atom stereocenters. The molecule has 2 rings (SSSR count). The molecule has 38 heavy (non-hydrogen) atoms. The number of likely N-dealkylation sites (tertiary alicyclic amines) is 1. The van der Waals surface area contributed by atoms with Gasteiger partial charge in [0.2, 0.25) is 12.2 Å². The van der Waals surface area contributed by atoms with Crippen LogP contribution in [-0.4, -0.2) is 84.4 Å². The molecule has 9 nitrogen and oxygen atoms in total. The molecule has 3 unspecified atom stereocenters. The highest BCUT2D eigenvalue weighted by atomic mass is 19.3. The van der Waals surface area contributed by atoms with Crippen molar-refractivity contribution in [1.82, 2.24) is 15.5 Å². The third kappa shape index (κ3) is 9.76. The van der Waals surface area contributed by atoms with Crippen molar-refractivity contribution in [2.24, 2.45) is 5.92 Å². The number of carbonyl (C=O) groups is 2. The topological polar surface area (TPSA) is 135 Å². The minimum Gasteiger partial charge on any atom is -0.426 e. The van der Waals surface area contributed by atoms with E-state index in [2.05, 4.69) is 5.32 Å². The summed E-state index contributed by atoms with van der Waals surface area (Å²) in [5, 5.41) is 33.0. The van der Waals surface area contributed by atoms with Crippen LogP contribution in [0.4, 0.5) is 13.2 Å². The van der Waals surface area contributed by atoms with Gasteiger partial charge in [-0.25, -0.2) is 13.2 Å². The first-order valence-corrected chi connectivity index (χ1v) is 12.4. The number of hydrogen-bond acceptors (Lipinski definition) is 7. The van der Waals surface area contributed by atoms with Gasteiger partial charge in [0.05, 0.1) is 25.2 Å². The number of carbonyl (C=O) groups excluding carboxylic acids is 2. The van der Waals surface area contributed by atoms with E-state index >= 15 is 0 Å². The summed E-state index contributed by atoms with van der Waals surface area (Å²) >= 11 is 0. The van der Waals surface area contributed by atoms with Gasteiger partial charge in [0.1, 0.15) is 17.7 Å². The molecule has 2 amide bonds. The molecule has 1 saturated heterocycles. The molecular weight excluding hydrogens is 504 g/mol. The third-order valence-electron chi connectivity index (χ3n) is 5.97. The van der Waals surface area contributed by atoms with Crippen molar-refractivity contribution in [2.75, 3.05) is 19.8 Å². The summed E-state index contributed by atoms with van der Waals surface area (Å²) in [4.78, 5) is 27.1. The number of benzene rings is 1. The van der Waals surface area contributed by atoms with Crippen molar-refractivity contribution in [1.29, 1.82) is 5.26 Å². The molecule has 4 N–H and O–H groups in total. The van der Waals surface area contributed by atoms with Crippen LogP contribution in [0.3, 0.4) is 0 Å². The van der Waals surface area contributed by atoms with E-state index in [4.69, 9.17) is 4.74 Å². The molecule has 1 aliphatic rings. The first-order valence-electron chi connectivity index (χ1n) is 12.4. The Bertz CT molecular complexity index is 977. The van der Waals surface area contributed by atoms with Crippen molar-refractivity contribution in [3.05, 3.63) is 47.5 Å². The fraction of sp³-hybridized carbons (Fsp3) is 0.560. The summed E-state index contributed by atoms with van der Waals surface area (Å²) in [7, 11) is -1.97. The molecule has 1 aromatic carbocycles. The normalized spacial score (nSPS) is 18.3. The Morgan fingerprint density at radius 2 is 1.95 bits per heavy atom. The number of ether oxygens (including phenoxy) is 1. The number of alkyl halides is 3. The molecule has 0 radical (unpaired) electrons. The van der Waals surface area contributed by atoms with Crippen molar-refractivity contribution < 1.29 is 37.5 Å². The van der Waals surface area contributed by atoms with Crippen LogP contribution in [0.2, 0.25) is 0 Å². The number of nitrogens with zero attached hydrogens (tertiary/aromatic N) is 2. The van der Waals surface area contributed by atoms with E-state index in [0.717, 1.165) is 0 Å². The third-order valence-corrected chi connectivity index (χ3v) is 5.97. The summed E-state index contributed by atoms with van der Waals surface area (Å²) in [5.41, 5.74) is 0.687. The van der Waals surface area contributed by atoms with Gasteiger partial charge in [-0.3, -0.25) is 14.9 Å². The molecule has 1 fully saturated rings. The van der Waals surface area contributed by atoms with E-state index in [9.17, 15) is 38.1 Å². The van der Waals surface area contributed by atoms with Crippen molar-refractivity contribution in [3.8, 4) is 6.07 Å². The Hall–Kier alpha value is -2.92. The Morgan fingerprint density at radius 1 is 1.26 bits per heavy atom. The maximum absolute atomic E-state index is 13.8. The van der Waals surface area contributed by atoms with Crippen LogP contribution >= 0.6 is 0 Å². The Balaban J connectivity index is 2.05. The molecule has 0 aliphatic carbocycles. The zero-order valence-electron chi connectivity index (χ0n) is 21.4. The van der Waals surface area contributed by atoms with Crippen LogP contribution in [0.25, 0.3) is 0 Å². The van der Waals surface area contributed by atoms with Crippen LogP contribution in [-0.2, 0) is 20.7 Å². The quantitative estimate of drug-likeness (QED) is 0.122. The summed E-state index contributed by atoms with van der Waals surface area (Å²) < 4.78 is 45.1. The average Bonchev–Trinajstić information content (AvgIpc) is 3.34. The predicted octanol–water partition coefficient (Wildman–Crippen LogP) is 1.36. The molecule has 1 aromatic rings. The van der Waals surface area contributed by atoms with Crippen LogP contribution in [0.1, 0.15) is 32.3 Å². The molecule has 1 aliphatic heterocycles. The van der Waals surface area contributed by atoms with Gasteiger partial charge in [-0.2, -0.15) is 5.26 Å². The first-order chi connectivity index (χ1) is 18.0. The Kier molecular flexibility index (Phi) is 12.8. The monoisotopic (exact) mass is 538 g/mol. The molecular formula is C25H34BF3N4O5. The zero-order valence-corrected chi connectivity index (χ0v) is 21.4. The minimum atomic E-state index is -3.41. The Morgan fingerprint density at radius 3 is 2.53 bits per heavy atom. The fourth-order valence-electron chi connectivity index (χ4n) is 4.09. The van der Waals surface area contributed by atoms with E-state index in [0.29, 0.717) is 24.9 Å². The van der Waals surface area contributed by atoms with Gasteiger partial charge < -0.3 is 25.0 Å². The van der Waals surface area contributed by atoms with E-state index in [1.807, 2.05) is 25.2 Å². The molecule has 0 spiro atoms. The van der Waals surface area contributed by atoms with Gasteiger partial charge in [-0.15, -0.1) is 0 Å². The van der Waals surface area contributed by atoms with E-state index < -0.39 is 56.3 Å². The Labute approximate surface area is 220 Å². The second-order valence-electron chi connectivity index (χ2n) is 9.44. The number of allylic oxidation sites excluding steroid dienone is 1. The second-order valence-corrected chi connectivity index (χ2v) is 9.44. The lowest BCUT2D eigenvalue weighted by Crippen LogP contribution is -2.57. The minimum absolute atomic E-state index is 0.00930. The van der Waals surface area contributed by atoms with Crippen LogP contribution in [0, 0.1) is 17.2 Å². The van der Waals surface area contributed by atoms with Crippen LogP contribution in [0.5, 0.6) is 0 Å². The number of hydrogen-bond donors (Lipinski definition) is 4. The van der Waals surface area contributed by atoms with Gasteiger partial charge >= 0.3 is 7.12 Å². The number of rotatable bonds is 14. The average molecular weight is 538 g/mol. The van der Waals surface area contributed by atoms with Gasteiger partial charge in [0.25, 0.3) is 12.3 Å². The first kappa shape index (κ1) is 31.3. The number of amides is 2. The highest BCUT2D eigenvalue weighted by molar-refractivity contribution is 6.43. The summed E-state index contributed by atoms with van der Waals surface area (Å²) in [6.45, 7) is 3.49. The van der Waals surface area contributed by atoms with E-state index in [1.165, 1.54) is 4.90 Å². The highest BCUT2D eigenvalue weighted by Gasteiger charge is 2.34. The smallest absolute Gasteiger partial charge is 0.426 e. The fourth-order valence-corrected chi connectivity index (χ4v) is 4.09. The van der Waals surface area contributed by atoms with Crippen molar-refractivity contribution in [3.63, 3.8) is 0 Å². The van der Waals surface area contributed by atoms with Crippen molar-refractivity contribution in [2.45, 2.75) is 63.9 Å². The summed E-state index contributed by atoms with van der Waals surface area (Å²) in [6, 6.07) is 8.52. The predicted molar refractivity (Wildman–Crippen MR) is 134 cm³/mol. The SMILES string of the molecule is CC(C)C=C(C#N)C(=O)N1CCCC1COCC(NC(F)C(F)F)C(=O)N[C@@H](Cc1ccccc1)B(O)O. The van der Waals surface area contributed by atoms with E-state index in [1.54, 1.807) is 36.4 Å².